The maximum Gasteiger partial charge on any atom is 0.224 e. The van der Waals surface area contributed by atoms with Gasteiger partial charge in [-0.3, -0.25) is 4.79 Å². The van der Waals surface area contributed by atoms with Crippen molar-refractivity contribution in [3.63, 3.8) is 0 Å². The predicted octanol–water partition coefficient (Wildman–Crippen LogP) is 0.763. The molecule has 0 saturated heterocycles. The van der Waals surface area contributed by atoms with E-state index in [2.05, 4.69) is 11.4 Å². The first-order valence-corrected chi connectivity index (χ1v) is 6.02. The zero-order valence-corrected chi connectivity index (χ0v) is 11.0. The Bertz CT molecular complexity index is 251. The van der Waals surface area contributed by atoms with Gasteiger partial charge in [0.1, 0.15) is 0 Å². The summed E-state index contributed by atoms with van der Waals surface area (Å²) in [5, 5.41) is 11.8. The molecule has 0 fully saturated rings. The van der Waals surface area contributed by atoms with Crippen molar-refractivity contribution in [3.05, 3.63) is 0 Å². The first-order chi connectivity index (χ1) is 8.15. The molecular formula is C12H23N3O2. The van der Waals surface area contributed by atoms with Crippen LogP contribution in [0.25, 0.3) is 0 Å². The molecule has 0 aromatic heterocycles. The van der Waals surface area contributed by atoms with E-state index in [1.807, 2.05) is 13.8 Å². The van der Waals surface area contributed by atoms with Crippen LogP contribution in [0.5, 0.6) is 0 Å². The Balaban J connectivity index is 4.16. The summed E-state index contributed by atoms with van der Waals surface area (Å²) in [6.45, 7) is 6.39. The van der Waals surface area contributed by atoms with Gasteiger partial charge < -0.3 is 15.0 Å². The molecule has 0 aromatic rings. The smallest absolute Gasteiger partial charge is 0.224 e. The number of methoxy groups -OCH3 is 1. The molecule has 0 spiro atoms. The minimum atomic E-state index is 0.0748. The van der Waals surface area contributed by atoms with Crippen molar-refractivity contribution in [2.45, 2.75) is 32.7 Å². The highest BCUT2D eigenvalue weighted by Crippen LogP contribution is 2.00. The quantitative estimate of drug-likeness (QED) is 0.647. The van der Waals surface area contributed by atoms with E-state index in [1.165, 1.54) is 0 Å². The normalized spacial score (nSPS) is 11.9. The van der Waals surface area contributed by atoms with Crippen LogP contribution in [0.4, 0.5) is 0 Å². The van der Waals surface area contributed by atoms with Gasteiger partial charge in [0.2, 0.25) is 5.91 Å². The van der Waals surface area contributed by atoms with Crippen molar-refractivity contribution in [1.82, 2.24) is 10.2 Å². The maximum absolute atomic E-state index is 12.0. The highest BCUT2D eigenvalue weighted by molar-refractivity contribution is 5.76. The Hall–Kier alpha value is -1.12. The molecule has 98 valence electrons. The van der Waals surface area contributed by atoms with Gasteiger partial charge >= 0.3 is 0 Å². The number of carbonyl (C=O) groups excluding carboxylic acids is 1. The highest BCUT2D eigenvalue weighted by Gasteiger charge is 2.15. The van der Waals surface area contributed by atoms with Gasteiger partial charge in [0.25, 0.3) is 0 Å². The average molecular weight is 241 g/mol. The number of amides is 1. The number of hydrogen-bond donors (Lipinski definition) is 1. The molecule has 1 atom stereocenters. The first-order valence-electron chi connectivity index (χ1n) is 6.02. The van der Waals surface area contributed by atoms with Gasteiger partial charge in [-0.05, 0) is 13.5 Å². The molecule has 1 amide bonds. The standard InChI is InChI=1S/C12H23N3O2/c1-4-14-11(2)10-12(16)15(7-5-6-13)8-9-17-3/h11,14H,4-5,7-10H2,1-3H3. The second-order valence-electron chi connectivity index (χ2n) is 3.94. The number of rotatable bonds is 9. The minimum absolute atomic E-state index is 0.0748. The number of hydrogen-bond acceptors (Lipinski definition) is 4. The lowest BCUT2D eigenvalue weighted by Crippen LogP contribution is -2.39. The largest absolute Gasteiger partial charge is 0.383 e. The van der Waals surface area contributed by atoms with Crippen LogP contribution < -0.4 is 5.32 Å². The number of nitriles is 1. The number of nitrogens with zero attached hydrogens (tertiary/aromatic N) is 2. The summed E-state index contributed by atoms with van der Waals surface area (Å²) >= 11 is 0. The van der Waals surface area contributed by atoms with E-state index in [9.17, 15) is 4.79 Å². The Morgan fingerprint density at radius 2 is 2.24 bits per heavy atom. The van der Waals surface area contributed by atoms with Gasteiger partial charge in [-0.2, -0.15) is 5.26 Å². The van der Waals surface area contributed by atoms with Crippen molar-refractivity contribution in [2.75, 3.05) is 33.4 Å². The zero-order valence-electron chi connectivity index (χ0n) is 11.0. The molecule has 0 heterocycles. The van der Waals surface area contributed by atoms with E-state index in [0.717, 1.165) is 6.54 Å². The van der Waals surface area contributed by atoms with Crippen LogP contribution >= 0.6 is 0 Å². The fourth-order valence-electron chi connectivity index (χ4n) is 1.56. The zero-order chi connectivity index (χ0) is 13.1. The SMILES string of the molecule is CCNC(C)CC(=O)N(CCC#N)CCOC. The van der Waals surface area contributed by atoms with Gasteiger partial charge in [-0.1, -0.05) is 6.92 Å². The molecule has 0 aliphatic carbocycles. The van der Waals surface area contributed by atoms with Gasteiger partial charge in [0.05, 0.1) is 19.1 Å². The summed E-state index contributed by atoms with van der Waals surface area (Å²) in [6.07, 6.45) is 0.827. The molecule has 5 heteroatoms. The molecule has 17 heavy (non-hydrogen) atoms. The molecule has 0 aliphatic heterocycles. The summed E-state index contributed by atoms with van der Waals surface area (Å²) in [4.78, 5) is 13.7. The van der Waals surface area contributed by atoms with Crippen molar-refractivity contribution in [3.8, 4) is 6.07 Å². The minimum Gasteiger partial charge on any atom is -0.383 e. The summed E-state index contributed by atoms with van der Waals surface area (Å²) in [5.41, 5.74) is 0. The summed E-state index contributed by atoms with van der Waals surface area (Å²) in [6, 6.07) is 2.22. The van der Waals surface area contributed by atoms with E-state index >= 15 is 0 Å². The highest BCUT2D eigenvalue weighted by atomic mass is 16.5. The second kappa shape index (κ2) is 10.1. The van der Waals surface area contributed by atoms with Crippen LogP contribution in [0.2, 0.25) is 0 Å². The predicted molar refractivity (Wildman–Crippen MR) is 66.4 cm³/mol. The van der Waals surface area contributed by atoms with E-state index < -0.39 is 0 Å². The molecule has 1 N–H and O–H groups in total. The van der Waals surface area contributed by atoms with Crippen LogP contribution in [0.15, 0.2) is 0 Å². The van der Waals surface area contributed by atoms with E-state index in [4.69, 9.17) is 10.00 Å². The number of ether oxygens (including phenoxy) is 1. The molecular weight excluding hydrogens is 218 g/mol. The Morgan fingerprint density at radius 1 is 1.53 bits per heavy atom. The van der Waals surface area contributed by atoms with Crippen molar-refractivity contribution >= 4 is 5.91 Å². The van der Waals surface area contributed by atoms with Gasteiger partial charge in [0, 0.05) is 32.7 Å². The Kier molecular flexibility index (Phi) is 9.40. The first kappa shape index (κ1) is 15.9. The fraction of sp³-hybridized carbons (Fsp3) is 0.833. The number of nitrogens with one attached hydrogen (secondary N) is 1. The van der Waals surface area contributed by atoms with Crippen molar-refractivity contribution < 1.29 is 9.53 Å². The fourth-order valence-corrected chi connectivity index (χ4v) is 1.56. The Morgan fingerprint density at radius 3 is 2.76 bits per heavy atom. The summed E-state index contributed by atoms with van der Waals surface area (Å²) in [7, 11) is 1.61. The monoisotopic (exact) mass is 241 g/mol. The summed E-state index contributed by atoms with van der Waals surface area (Å²) in [5.74, 6) is 0.0748. The van der Waals surface area contributed by atoms with E-state index in [0.29, 0.717) is 32.5 Å². The van der Waals surface area contributed by atoms with Gasteiger partial charge in [-0.25, -0.2) is 0 Å². The van der Waals surface area contributed by atoms with Gasteiger partial charge in [0.15, 0.2) is 0 Å². The van der Waals surface area contributed by atoms with Crippen LogP contribution in [0.1, 0.15) is 26.7 Å². The molecule has 0 aliphatic rings. The summed E-state index contributed by atoms with van der Waals surface area (Å²) < 4.78 is 4.96. The maximum atomic E-state index is 12.0. The third-order valence-corrected chi connectivity index (χ3v) is 2.44. The lowest BCUT2D eigenvalue weighted by molar-refractivity contribution is -0.132. The molecule has 0 rings (SSSR count). The molecule has 0 saturated carbocycles. The van der Waals surface area contributed by atoms with Crippen molar-refractivity contribution in [1.29, 1.82) is 5.26 Å². The molecule has 0 radical (unpaired) electrons. The van der Waals surface area contributed by atoms with E-state index in [1.54, 1.807) is 12.0 Å². The lowest BCUT2D eigenvalue weighted by Gasteiger charge is -2.23. The number of carbonyl (C=O) groups is 1. The van der Waals surface area contributed by atoms with E-state index in [-0.39, 0.29) is 11.9 Å². The van der Waals surface area contributed by atoms with Crippen LogP contribution in [-0.4, -0.2) is 50.2 Å². The molecule has 0 aromatic carbocycles. The molecule has 1 unspecified atom stereocenters. The van der Waals surface area contributed by atoms with Crippen LogP contribution in [-0.2, 0) is 9.53 Å². The average Bonchev–Trinajstić information content (AvgIpc) is 2.29. The Labute approximate surface area is 104 Å². The van der Waals surface area contributed by atoms with Crippen LogP contribution in [0, 0.1) is 11.3 Å². The van der Waals surface area contributed by atoms with Gasteiger partial charge in [-0.15, -0.1) is 0 Å². The molecule has 0 bridgehead atoms. The lowest BCUT2D eigenvalue weighted by atomic mass is 10.2. The van der Waals surface area contributed by atoms with Crippen molar-refractivity contribution in [2.24, 2.45) is 0 Å². The van der Waals surface area contributed by atoms with Crippen LogP contribution in [0.3, 0.4) is 0 Å². The third-order valence-electron chi connectivity index (χ3n) is 2.44. The second-order valence-corrected chi connectivity index (χ2v) is 3.94. The topological polar surface area (TPSA) is 65.4 Å². The molecule has 5 nitrogen and oxygen atoms in total. The third kappa shape index (κ3) is 7.72.